The first kappa shape index (κ1) is 20.8. The number of nitrogens with one attached hydrogen (secondary N) is 1. The minimum atomic E-state index is -3.49. The molecular weight excluding hydrogens is 400 g/mol. The maximum absolute atomic E-state index is 12.7. The van der Waals surface area contributed by atoms with Gasteiger partial charge < -0.3 is 10.2 Å². The molecule has 30 heavy (non-hydrogen) atoms. The van der Waals surface area contributed by atoms with E-state index in [1.165, 1.54) is 9.99 Å². The maximum Gasteiger partial charge on any atom is 0.243 e. The largest absolute Gasteiger partial charge is 0.369 e. The third kappa shape index (κ3) is 4.83. The fourth-order valence-corrected chi connectivity index (χ4v) is 5.58. The molecule has 0 unspecified atom stereocenters. The van der Waals surface area contributed by atoms with E-state index in [0.717, 1.165) is 39.0 Å². The predicted molar refractivity (Wildman–Crippen MR) is 118 cm³/mol. The minimum Gasteiger partial charge on any atom is -0.369 e. The number of rotatable bonds is 6. The standard InChI is InChI=1S/C22H28N4O3S/c27-22(18-24-13-15-25(16-14-24)20-8-2-1-3-9-20)23-19-7-6-10-21(17-19)30(28,29)26-11-4-5-12-26/h1-3,6-10,17H,4-5,11-16,18H2,(H,23,27). The van der Waals surface area contributed by atoms with Gasteiger partial charge in [-0.15, -0.1) is 0 Å². The number of carbonyl (C=O) groups excluding carboxylic acids is 1. The molecule has 8 heteroatoms. The van der Waals surface area contributed by atoms with Gasteiger partial charge in [-0.1, -0.05) is 24.3 Å². The van der Waals surface area contributed by atoms with Crippen LogP contribution in [-0.2, 0) is 14.8 Å². The number of hydrogen-bond donors (Lipinski definition) is 1. The number of amides is 1. The lowest BCUT2D eigenvalue weighted by Crippen LogP contribution is -2.48. The van der Waals surface area contributed by atoms with Gasteiger partial charge in [-0.05, 0) is 43.2 Å². The fraction of sp³-hybridized carbons (Fsp3) is 0.409. The first-order chi connectivity index (χ1) is 14.5. The van der Waals surface area contributed by atoms with E-state index in [4.69, 9.17) is 0 Å². The van der Waals surface area contributed by atoms with Crippen molar-refractivity contribution in [3.05, 3.63) is 54.6 Å². The molecule has 0 bridgehead atoms. The molecule has 160 valence electrons. The topological polar surface area (TPSA) is 73.0 Å². The van der Waals surface area contributed by atoms with Gasteiger partial charge in [0.05, 0.1) is 11.4 Å². The van der Waals surface area contributed by atoms with Crippen LogP contribution in [0.4, 0.5) is 11.4 Å². The van der Waals surface area contributed by atoms with Crippen molar-refractivity contribution in [3.8, 4) is 0 Å². The van der Waals surface area contributed by atoms with Gasteiger partial charge >= 0.3 is 0 Å². The van der Waals surface area contributed by atoms with Gasteiger partial charge in [-0.25, -0.2) is 8.42 Å². The Labute approximate surface area is 178 Å². The minimum absolute atomic E-state index is 0.126. The van der Waals surface area contributed by atoms with Crippen LogP contribution in [-0.4, -0.2) is 69.3 Å². The maximum atomic E-state index is 12.7. The van der Waals surface area contributed by atoms with E-state index in [1.807, 2.05) is 18.2 Å². The smallest absolute Gasteiger partial charge is 0.243 e. The zero-order valence-corrected chi connectivity index (χ0v) is 17.9. The Hall–Kier alpha value is -2.42. The van der Waals surface area contributed by atoms with Crippen LogP contribution in [0, 0.1) is 0 Å². The highest BCUT2D eigenvalue weighted by Gasteiger charge is 2.27. The van der Waals surface area contributed by atoms with Gasteiger partial charge in [0, 0.05) is 50.6 Å². The summed E-state index contributed by atoms with van der Waals surface area (Å²) in [5, 5.41) is 2.86. The monoisotopic (exact) mass is 428 g/mol. The van der Waals surface area contributed by atoms with Crippen molar-refractivity contribution < 1.29 is 13.2 Å². The van der Waals surface area contributed by atoms with Gasteiger partial charge in [0.2, 0.25) is 15.9 Å². The van der Waals surface area contributed by atoms with Crippen LogP contribution in [0.1, 0.15) is 12.8 Å². The Morgan fingerprint density at radius 2 is 1.57 bits per heavy atom. The molecule has 7 nitrogen and oxygen atoms in total. The van der Waals surface area contributed by atoms with Crippen molar-refractivity contribution in [2.45, 2.75) is 17.7 Å². The van der Waals surface area contributed by atoms with Crippen LogP contribution < -0.4 is 10.2 Å². The number of hydrogen-bond acceptors (Lipinski definition) is 5. The summed E-state index contributed by atoms with van der Waals surface area (Å²) in [4.78, 5) is 17.2. The predicted octanol–water partition coefficient (Wildman–Crippen LogP) is 2.23. The van der Waals surface area contributed by atoms with Gasteiger partial charge in [-0.2, -0.15) is 4.31 Å². The molecule has 0 saturated carbocycles. The van der Waals surface area contributed by atoms with Gasteiger partial charge in [-0.3, -0.25) is 9.69 Å². The number of piperazine rings is 1. The Morgan fingerprint density at radius 1 is 0.867 bits per heavy atom. The molecular formula is C22H28N4O3S. The van der Waals surface area contributed by atoms with E-state index >= 15 is 0 Å². The summed E-state index contributed by atoms with van der Waals surface area (Å²) in [6.45, 7) is 4.80. The van der Waals surface area contributed by atoms with E-state index in [1.54, 1.807) is 24.3 Å². The SMILES string of the molecule is O=C(CN1CCN(c2ccccc2)CC1)Nc1cccc(S(=O)(=O)N2CCCC2)c1. The first-order valence-corrected chi connectivity index (χ1v) is 11.9. The molecule has 1 N–H and O–H groups in total. The van der Waals surface area contributed by atoms with E-state index in [2.05, 4.69) is 27.2 Å². The summed E-state index contributed by atoms with van der Waals surface area (Å²) in [5.74, 6) is -0.126. The Morgan fingerprint density at radius 3 is 2.27 bits per heavy atom. The molecule has 4 rings (SSSR count). The third-order valence-electron chi connectivity index (χ3n) is 5.68. The summed E-state index contributed by atoms with van der Waals surface area (Å²) < 4.78 is 27.0. The molecule has 2 aliphatic heterocycles. The molecule has 0 aliphatic carbocycles. The van der Waals surface area contributed by atoms with E-state index < -0.39 is 10.0 Å². The first-order valence-electron chi connectivity index (χ1n) is 10.4. The quantitative estimate of drug-likeness (QED) is 0.764. The normalized spacial score (nSPS) is 18.5. The van der Waals surface area contributed by atoms with Crippen LogP contribution in [0.5, 0.6) is 0 Å². The lowest BCUT2D eigenvalue weighted by atomic mass is 10.2. The summed E-state index contributed by atoms with van der Waals surface area (Å²) in [6, 6.07) is 16.8. The highest BCUT2D eigenvalue weighted by molar-refractivity contribution is 7.89. The van der Waals surface area contributed by atoms with Gasteiger partial charge in [0.25, 0.3) is 0 Å². The number of nitrogens with zero attached hydrogens (tertiary/aromatic N) is 3. The van der Waals surface area contributed by atoms with Gasteiger partial charge in [0.15, 0.2) is 0 Å². The van der Waals surface area contributed by atoms with Crippen LogP contribution in [0.25, 0.3) is 0 Å². The fourth-order valence-electron chi connectivity index (χ4n) is 4.02. The van der Waals surface area contributed by atoms with Crippen LogP contribution in [0.2, 0.25) is 0 Å². The average molecular weight is 429 g/mol. The average Bonchev–Trinajstić information content (AvgIpc) is 3.31. The Kier molecular flexibility index (Phi) is 6.36. The molecule has 0 aromatic heterocycles. The molecule has 2 aromatic carbocycles. The highest BCUT2D eigenvalue weighted by Crippen LogP contribution is 2.23. The van der Waals surface area contributed by atoms with Crippen molar-refractivity contribution in [2.75, 3.05) is 56.0 Å². The molecule has 0 radical (unpaired) electrons. The van der Waals surface area contributed by atoms with Crippen molar-refractivity contribution in [1.29, 1.82) is 0 Å². The second-order valence-corrected chi connectivity index (χ2v) is 9.72. The highest BCUT2D eigenvalue weighted by atomic mass is 32.2. The van der Waals surface area contributed by atoms with Crippen molar-refractivity contribution in [3.63, 3.8) is 0 Å². The van der Waals surface area contributed by atoms with Crippen molar-refractivity contribution in [1.82, 2.24) is 9.21 Å². The van der Waals surface area contributed by atoms with Crippen LogP contribution >= 0.6 is 0 Å². The zero-order valence-electron chi connectivity index (χ0n) is 17.0. The number of benzene rings is 2. The van der Waals surface area contributed by atoms with Crippen LogP contribution in [0.15, 0.2) is 59.5 Å². The van der Waals surface area contributed by atoms with Crippen LogP contribution in [0.3, 0.4) is 0 Å². The lowest BCUT2D eigenvalue weighted by molar-refractivity contribution is -0.117. The van der Waals surface area contributed by atoms with E-state index in [0.29, 0.717) is 25.3 Å². The molecule has 2 fully saturated rings. The Balaban J connectivity index is 1.31. The van der Waals surface area contributed by atoms with Gasteiger partial charge in [0.1, 0.15) is 0 Å². The second-order valence-electron chi connectivity index (χ2n) is 7.79. The number of para-hydroxylation sites is 1. The second kappa shape index (κ2) is 9.16. The molecule has 2 heterocycles. The Bertz CT molecular complexity index is 967. The summed E-state index contributed by atoms with van der Waals surface area (Å²) in [7, 11) is -3.49. The molecule has 2 aromatic rings. The molecule has 0 spiro atoms. The zero-order chi connectivity index (χ0) is 21.0. The van der Waals surface area contributed by atoms with E-state index in [-0.39, 0.29) is 10.8 Å². The third-order valence-corrected chi connectivity index (χ3v) is 7.58. The number of carbonyl (C=O) groups is 1. The van der Waals surface area contributed by atoms with Crippen molar-refractivity contribution in [2.24, 2.45) is 0 Å². The number of sulfonamides is 1. The summed E-state index contributed by atoms with van der Waals surface area (Å²) >= 11 is 0. The summed E-state index contributed by atoms with van der Waals surface area (Å²) in [6.07, 6.45) is 1.79. The molecule has 2 saturated heterocycles. The molecule has 2 aliphatic rings. The lowest BCUT2D eigenvalue weighted by Gasteiger charge is -2.35. The summed E-state index contributed by atoms with van der Waals surface area (Å²) in [5.41, 5.74) is 1.72. The van der Waals surface area contributed by atoms with Crippen molar-refractivity contribution >= 4 is 27.3 Å². The number of anilines is 2. The molecule has 1 amide bonds. The van der Waals surface area contributed by atoms with E-state index in [9.17, 15) is 13.2 Å². The molecule has 0 atom stereocenters.